The molecule has 0 radical (unpaired) electrons. The zero-order chi connectivity index (χ0) is 18.5. The zero-order valence-corrected chi connectivity index (χ0v) is 15.9. The molecule has 1 aliphatic heterocycles. The number of H-pyrrole nitrogens is 1. The smallest absolute Gasteiger partial charge is 0.0695 e. The van der Waals surface area contributed by atoms with Crippen LogP contribution >= 0.6 is 0 Å². The second-order valence-corrected chi connectivity index (χ2v) is 7.50. The monoisotopic (exact) mass is 361 g/mol. The first-order valence-corrected chi connectivity index (χ1v) is 9.70. The molecule has 1 aromatic heterocycles. The molecule has 1 aliphatic rings. The van der Waals surface area contributed by atoms with Crippen molar-refractivity contribution in [3.8, 4) is 11.3 Å². The third-order valence-electron chi connectivity index (χ3n) is 5.67. The normalized spacial score (nSPS) is 16.3. The predicted molar refractivity (Wildman–Crippen MR) is 109 cm³/mol. The van der Waals surface area contributed by atoms with Crippen LogP contribution in [0.25, 0.3) is 11.3 Å². The van der Waals surface area contributed by atoms with Crippen LogP contribution in [0.15, 0.2) is 60.8 Å². The van der Waals surface area contributed by atoms with E-state index in [4.69, 9.17) is 4.74 Å². The van der Waals surface area contributed by atoms with Crippen LogP contribution in [0.5, 0.6) is 0 Å². The lowest BCUT2D eigenvalue weighted by atomic mass is 9.74. The Morgan fingerprint density at radius 2 is 1.78 bits per heavy atom. The van der Waals surface area contributed by atoms with Gasteiger partial charge in [-0.3, -0.25) is 5.10 Å². The van der Waals surface area contributed by atoms with Gasteiger partial charge >= 0.3 is 0 Å². The lowest BCUT2D eigenvalue weighted by Gasteiger charge is -2.38. The van der Waals surface area contributed by atoms with Crippen molar-refractivity contribution in [2.45, 2.75) is 31.7 Å². The van der Waals surface area contributed by atoms with Crippen LogP contribution in [0.1, 0.15) is 29.5 Å². The summed E-state index contributed by atoms with van der Waals surface area (Å²) < 4.78 is 5.64. The highest BCUT2D eigenvalue weighted by Crippen LogP contribution is 2.34. The molecule has 2 heterocycles. The summed E-state index contributed by atoms with van der Waals surface area (Å²) >= 11 is 0. The Bertz CT molecular complexity index is 849. The predicted octanol–water partition coefficient (Wildman–Crippen LogP) is 4.22. The number of rotatable bonds is 6. The summed E-state index contributed by atoms with van der Waals surface area (Å²) in [4.78, 5) is 0. The van der Waals surface area contributed by atoms with Crippen LogP contribution in [0.3, 0.4) is 0 Å². The van der Waals surface area contributed by atoms with Crippen molar-refractivity contribution in [1.82, 2.24) is 15.5 Å². The van der Waals surface area contributed by atoms with E-state index in [0.717, 1.165) is 44.8 Å². The molecule has 140 valence electrons. The van der Waals surface area contributed by atoms with E-state index in [1.807, 2.05) is 6.20 Å². The van der Waals surface area contributed by atoms with E-state index in [1.54, 1.807) is 0 Å². The van der Waals surface area contributed by atoms with E-state index >= 15 is 0 Å². The molecule has 0 spiro atoms. The third-order valence-corrected chi connectivity index (χ3v) is 5.67. The molecule has 3 aromatic rings. The molecule has 2 aromatic carbocycles. The largest absolute Gasteiger partial charge is 0.381 e. The van der Waals surface area contributed by atoms with Crippen molar-refractivity contribution < 1.29 is 4.74 Å². The van der Waals surface area contributed by atoms with Crippen molar-refractivity contribution >= 4 is 0 Å². The van der Waals surface area contributed by atoms with Crippen molar-refractivity contribution in [2.24, 2.45) is 0 Å². The molecule has 0 saturated carbocycles. The molecule has 4 heteroatoms. The van der Waals surface area contributed by atoms with Gasteiger partial charge in [0.1, 0.15) is 0 Å². The van der Waals surface area contributed by atoms with Crippen LogP contribution in [-0.2, 0) is 16.7 Å². The van der Waals surface area contributed by atoms with Gasteiger partial charge in [-0.15, -0.1) is 0 Å². The highest BCUT2D eigenvalue weighted by atomic mass is 16.5. The van der Waals surface area contributed by atoms with Gasteiger partial charge in [-0.2, -0.15) is 5.10 Å². The van der Waals surface area contributed by atoms with E-state index in [-0.39, 0.29) is 5.41 Å². The van der Waals surface area contributed by atoms with Crippen LogP contribution in [-0.4, -0.2) is 30.0 Å². The van der Waals surface area contributed by atoms with E-state index in [9.17, 15) is 0 Å². The Labute approximate surface area is 161 Å². The minimum atomic E-state index is 0.146. The fourth-order valence-electron chi connectivity index (χ4n) is 3.97. The van der Waals surface area contributed by atoms with Crippen LogP contribution in [0.4, 0.5) is 0 Å². The van der Waals surface area contributed by atoms with Crippen molar-refractivity contribution in [1.29, 1.82) is 0 Å². The van der Waals surface area contributed by atoms with Gasteiger partial charge in [-0.25, -0.2) is 0 Å². The minimum Gasteiger partial charge on any atom is -0.381 e. The van der Waals surface area contributed by atoms with Gasteiger partial charge in [0, 0.05) is 37.3 Å². The van der Waals surface area contributed by atoms with E-state index in [2.05, 4.69) is 77.0 Å². The quantitative estimate of drug-likeness (QED) is 0.691. The summed E-state index contributed by atoms with van der Waals surface area (Å²) in [5.74, 6) is 0. The lowest BCUT2D eigenvalue weighted by Crippen LogP contribution is -2.42. The van der Waals surface area contributed by atoms with Gasteiger partial charge in [0.15, 0.2) is 0 Å². The fraction of sp³-hybridized carbons (Fsp3) is 0.348. The number of aryl methyl sites for hydroxylation is 1. The van der Waals surface area contributed by atoms with Gasteiger partial charge < -0.3 is 10.1 Å². The Hall–Kier alpha value is -2.43. The summed E-state index contributed by atoms with van der Waals surface area (Å²) in [6, 6.07) is 19.4. The van der Waals surface area contributed by atoms with Gasteiger partial charge in [-0.05, 0) is 30.9 Å². The first-order chi connectivity index (χ1) is 13.3. The van der Waals surface area contributed by atoms with Crippen LogP contribution < -0.4 is 5.32 Å². The van der Waals surface area contributed by atoms with Gasteiger partial charge in [0.05, 0.1) is 11.9 Å². The maximum absolute atomic E-state index is 5.64. The van der Waals surface area contributed by atoms with E-state index < -0.39 is 0 Å². The number of benzene rings is 2. The Balaban J connectivity index is 1.47. The SMILES string of the molecule is Cc1ccc(-c2[nH]ncc2CNCC2(c3ccccc3)CCOCC2)cc1. The summed E-state index contributed by atoms with van der Waals surface area (Å²) in [6.07, 6.45) is 4.04. The second kappa shape index (κ2) is 8.07. The zero-order valence-electron chi connectivity index (χ0n) is 15.9. The highest BCUT2D eigenvalue weighted by molar-refractivity contribution is 5.62. The maximum Gasteiger partial charge on any atom is 0.0695 e. The molecule has 4 nitrogen and oxygen atoms in total. The van der Waals surface area contributed by atoms with Gasteiger partial charge in [-0.1, -0.05) is 60.2 Å². The number of aromatic amines is 1. The first kappa shape index (κ1) is 18.0. The van der Waals surface area contributed by atoms with E-state index in [1.165, 1.54) is 22.3 Å². The molecule has 0 amide bonds. The van der Waals surface area contributed by atoms with Crippen LogP contribution in [0, 0.1) is 6.92 Å². The number of aromatic nitrogens is 2. The number of nitrogens with one attached hydrogen (secondary N) is 2. The molecule has 1 saturated heterocycles. The van der Waals surface area contributed by atoms with Crippen molar-refractivity contribution in [3.05, 3.63) is 77.5 Å². The molecule has 4 rings (SSSR count). The first-order valence-electron chi connectivity index (χ1n) is 9.70. The maximum atomic E-state index is 5.64. The number of hydrogen-bond acceptors (Lipinski definition) is 3. The Morgan fingerprint density at radius 3 is 2.52 bits per heavy atom. The molecule has 0 bridgehead atoms. The van der Waals surface area contributed by atoms with Crippen molar-refractivity contribution in [3.63, 3.8) is 0 Å². The fourth-order valence-corrected chi connectivity index (χ4v) is 3.97. The molecule has 27 heavy (non-hydrogen) atoms. The summed E-state index contributed by atoms with van der Waals surface area (Å²) in [5, 5.41) is 11.1. The van der Waals surface area contributed by atoms with E-state index in [0.29, 0.717) is 0 Å². The molecular weight excluding hydrogens is 334 g/mol. The van der Waals surface area contributed by atoms with Crippen LogP contribution in [0.2, 0.25) is 0 Å². The molecule has 0 atom stereocenters. The molecule has 0 aliphatic carbocycles. The summed E-state index contributed by atoms with van der Waals surface area (Å²) in [5.41, 5.74) is 6.30. The standard InChI is InChI=1S/C23H27N3O/c1-18-7-9-19(10-8-18)22-20(16-25-26-22)15-24-17-23(11-13-27-14-12-23)21-5-3-2-4-6-21/h2-10,16,24H,11-15,17H2,1H3,(H,25,26). The minimum absolute atomic E-state index is 0.146. The van der Waals surface area contributed by atoms with Crippen molar-refractivity contribution in [2.75, 3.05) is 19.8 Å². The Kier molecular flexibility index (Phi) is 5.37. The number of hydrogen-bond donors (Lipinski definition) is 2. The Morgan fingerprint density at radius 1 is 1.04 bits per heavy atom. The molecule has 1 fully saturated rings. The number of nitrogens with zero attached hydrogens (tertiary/aromatic N) is 1. The number of ether oxygens (including phenoxy) is 1. The van der Waals surface area contributed by atoms with Gasteiger partial charge in [0.25, 0.3) is 0 Å². The topological polar surface area (TPSA) is 49.9 Å². The molecule has 0 unspecified atom stereocenters. The lowest BCUT2D eigenvalue weighted by molar-refractivity contribution is 0.0498. The van der Waals surface area contributed by atoms with Gasteiger partial charge in [0.2, 0.25) is 0 Å². The highest BCUT2D eigenvalue weighted by Gasteiger charge is 2.34. The second-order valence-electron chi connectivity index (χ2n) is 7.50. The molecule has 2 N–H and O–H groups in total. The summed E-state index contributed by atoms with van der Waals surface area (Å²) in [7, 11) is 0. The summed E-state index contributed by atoms with van der Waals surface area (Å²) in [6.45, 7) is 5.51. The average molecular weight is 361 g/mol. The third kappa shape index (κ3) is 3.97. The molecular formula is C23H27N3O. The average Bonchev–Trinajstić information content (AvgIpc) is 3.18.